The lowest BCUT2D eigenvalue weighted by Crippen LogP contribution is -2.18. The number of rotatable bonds is 10. The van der Waals surface area contributed by atoms with Gasteiger partial charge in [-0.15, -0.1) is 0 Å². The van der Waals surface area contributed by atoms with Crippen LogP contribution in [0.25, 0.3) is 0 Å². The third-order valence-electron chi connectivity index (χ3n) is 2.67. The molecule has 0 aliphatic heterocycles. The highest BCUT2D eigenvalue weighted by Gasteiger charge is 2.11. The molecule has 6 heteroatoms. The van der Waals surface area contributed by atoms with Crippen molar-refractivity contribution in [2.75, 3.05) is 13.2 Å². The summed E-state index contributed by atoms with van der Waals surface area (Å²) in [6.45, 7) is 17.8. The molecule has 6 nitrogen and oxygen atoms in total. The van der Waals surface area contributed by atoms with Crippen LogP contribution >= 0.6 is 0 Å². The van der Waals surface area contributed by atoms with E-state index in [1.54, 1.807) is 20.8 Å². The van der Waals surface area contributed by atoms with Crippen LogP contribution in [0.2, 0.25) is 0 Å². The summed E-state index contributed by atoms with van der Waals surface area (Å²) in [6, 6.07) is 0. The van der Waals surface area contributed by atoms with Crippen molar-refractivity contribution in [2.45, 2.75) is 53.1 Å². The fourth-order valence-electron chi connectivity index (χ4n) is 1.16. The number of hydrogen-bond donors (Lipinski definition) is 0. The number of carbonyl (C=O) groups is 3. The Morgan fingerprint density at radius 3 is 2.00 bits per heavy atom. The maximum atomic E-state index is 11.1. The standard InChI is InChI=1S/C12H18O4.C7H12O2/c1-8(2)11(13)15-7-6-10(5)16-12(14)9(3)4;1-3-5-6-9-7(8)4-2/h10H,1,3,6-7H2,2,4-5H3;4H,2-3,5-6H2,1H3. The van der Waals surface area contributed by atoms with Crippen LogP contribution in [0.4, 0.5) is 0 Å². The highest BCUT2D eigenvalue weighted by Crippen LogP contribution is 2.03. The molecule has 0 heterocycles. The number of unbranched alkanes of at least 4 members (excludes halogenated alkanes) is 1. The van der Waals surface area contributed by atoms with Crippen molar-refractivity contribution in [3.05, 3.63) is 37.0 Å². The first-order valence-corrected chi connectivity index (χ1v) is 8.13. The molecule has 142 valence electrons. The summed E-state index contributed by atoms with van der Waals surface area (Å²) in [5, 5.41) is 0. The van der Waals surface area contributed by atoms with E-state index < -0.39 is 11.9 Å². The number of ether oxygens (including phenoxy) is 3. The predicted octanol–water partition coefficient (Wildman–Crippen LogP) is 3.52. The Bertz CT molecular complexity index is 478. The zero-order valence-corrected chi connectivity index (χ0v) is 15.8. The van der Waals surface area contributed by atoms with Crippen LogP contribution in [0, 0.1) is 0 Å². The first kappa shape index (κ1) is 24.9. The van der Waals surface area contributed by atoms with Gasteiger partial charge in [0.05, 0.1) is 13.2 Å². The zero-order valence-electron chi connectivity index (χ0n) is 15.8. The Morgan fingerprint density at radius 2 is 1.56 bits per heavy atom. The van der Waals surface area contributed by atoms with Gasteiger partial charge in [-0.1, -0.05) is 33.1 Å². The fraction of sp³-hybridized carbons (Fsp3) is 0.526. The third kappa shape index (κ3) is 16.3. The quantitative estimate of drug-likeness (QED) is 0.258. The smallest absolute Gasteiger partial charge is 0.333 e. The molecule has 0 saturated heterocycles. The highest BCUT2D eigenvalue weighted by molar-refractivity contribution is 5.87. The second kappa shape index (κ2) is 15.2. The molecule has 0 aliphatic carbocycles. The molecule has 1 atom stereocenters. The summed E-state index contributed by atoms with van der Waals surface area (Å²) < 4.78 is 14.5. The summed E-state index contributed by atoms with van der Waals surface area (Å²) >= 11 is 0. The van der Waals surface area contributed by atoms with Crippen LogP contribution < -0.4 is 0 Å². The average molecular weight is 354 g/mol. The Morgan fingerprint density at radius 1 is 1.00 bits per heavy atom. The van der Waals surface area contributed by atoms with Crippen molar-refractivity contribution in [1.82, 2.24) is 0 Å². The van der Waals surface area contributed by atoms with Gasteiger partial charge in [-0.2, -0.15) is 0 Å². The van der Waals surface area contributed by atoms with Gasteiger partial charge in [-0.3, -0.25) is 0 Å². The van der Waals surface area contributed by atoms with Crippen LogP contribution in [0.15, 0.2) is 37.0 Å². The van der Waals surface area contributed by atoms with E-state index >= 15 is 0 Å². The predicted molar refractivity (Wildman–Crippen MR) is 96.8 cm³/mol. The summed E-state index contributed by atoms with van der Waals surface area (Å²) in [5.74, 6) is -1.19. The molecule has 0 aliphatic rings. The minimum atomic E-state index is -0.432. The maximum absolute atomic E-state index is 11.1. The minimum absolute atomic E-state index is 0.205. The zero-order chi connectivity index (χ0) is 19.8. The first-order chi connectivity index (χ1) is 11.6. The van der Waals surface area contributed by atoms with E-state index in [1.807, 2.05) is 6.92 Å². The Kier molecular flexibility index (Phi) is 15.1. The third-order valence-corrected chi connectivity index (χ3v) is 2.67. The van der Waals surface area contributed by atoms with Crippen molar-refractivity contribution in [1.29, 1.82) is 0 Å². The number of esters is 3. The largest absolute Gasteiger partial charge is 0.463 e. The van der Waals surface area contributed by atoms with E-state index in [9.17, 15) is 14.4 Å². The Hall–Kier alpha value is -2.37. The molecule has 0 bridgehead atoms. The summed E-state index contributed by atoms with van der Waals surface area (Å²) in [5.41, 5.74) is 0.706. The topological polar surface area (TPSA) is 78.9 Å². The lowest BCUT2D eigenvalue weighted by Gasteiger charge is -2.13. The minimum Gasteiger partial charge on any atom is -0.463 e. The van der Waals surface area contributed by atoms with Crippen molar-refractivity contribution >= 4 is 17.9 Å². The summed E-state index contributed by atoms with van der Waals surface area (Å²) in [7, 11) is 0. The van der Waals surface area contributed by atoms with Gasteiger partial charge in [0.25, 0.3) is 0 Å². The van der Waals surface area contributed by atoms with Crippen molar-refractivity contribution in [3.8, 4) is 0 Å². The van der Waals surface area contributed by atoms with Gasteiger partial charge in [0.2, 0.25) is 0 Å². The summed E-state index contributed by atoms with van der Waals surface area (Å²) in [6.07, 6.45) is 3.31. The number of hydrogen-bond acceptors (Lipinski definition) is 6. The van der Waals surface area contributed by atoms with E-state index in [4.69, 9.17) is 9.47 Å². The van der Waals surface area contributed by atoms with Crippen LogP contribution in [-0.4, -0.2) is 37.2 Å². The molecule has 0 rings (SSSR count). The van der Waals surface area contributed by atoms with Gasteiger partial charge >= 0.3 is 17.9 Å². The monoisotopic (exact) mass is 354 g/mol. The Labute approximate surface area is 150 Å². The molecule has 0 fully saturated rings. The van der Waals surface area contributed by atoms with E-state index in [-0.39, 0.29) is 18.7 Å². The molecule has 25 heavy (non-hydrogen) atoms. The fourth-order valence-corrected chi connectivity index (χ4v) is 1.16. The molecule has 0 radical (unpaired) electrons. The van der Waals surface area contributed by atoms with Crippen molar-refractivity contribution in [3.63, 3.8) is 0 Å². The van der Waals surface area contributed by atoms with Gasteiger partial charge < -0.3 is 14.2 Å². The first-order valence-electron chi connectivity index (χ1n) is 8.13. The highest BCUT2D eigenvalue weighted by atomic mass is 16.6. The van der Waals surface area contributed by atoms with Gasteiger partial charge in [0, 0.05) is 23.6 Å². The molecule has 0 N–H and O–H groups in total. The van der Waals surface area contributed by atoms with Crippen LogP contribution in [0.3, 0.4) is 0 Å². The Balaban J connectivity index is 0. The molecule has 1 unspecified atom stereocenters. The van der Waals surface area contributed by atoms with E-state index in [0.717, 1.165) is 12.8 Å². The molecule has 0 spiro atoms. The number of carbonyl (C=O) groups excluding carboxylic acids is 3. The lowest BCUT2D eigenvalue weighted by molar-refractivity contribution is -0.145. The van der Waals surface area contributed by atoms with Gasteiger partial charge in [-0.25, -0.2) is 14.4 Å². The maximum Gasteiger partial charge on any atom is 0.333 e. The average Bonchev–Trinajstić information content (AvgIpc) is 2.55. The molecular formula is C19H30O6. The van der Waals surface area contributed by atoms with E-state index in [1.165, 1.54) is 6.08 Å². The van der Waals surface area contributed by atoms with Gasteiger partial charge in [-0.05, 0) is 27.2 Å². The van der Waals surface area contributed by atoms with Gasteiger partial charge in [0.15, 0.2) is 0 Å². The van der Waals surface area contributed by atoms with E-state index in [2.05, 4.69) is 24.5 Å². The molecule has 0 aromatic rings. The summed E-state index contributed by atoms with van der Waals surface area (Å²) in [4.78, 5) is 32.5. The van der Waals surface area contributed by atoms with Gasteiger partial charge in [0.1, 0.15) is 6.10 Å². The molecule has 0 aromatic carbocycles. The lowest BCUT2D eigenvalue weighted by atomic mass is 10.3. The second-order valence-corrected chi connectivity index (χ2v) is 5.43. The van der Waals surface area contributed by atoms with Crippen molar-refractivity contribution in [2.24, 2.45) is 0 Å². The molecular weight excluding hydrogens is 324 g/mol. The molecule has 0 saturated carbocycles. The van der Waals surface area contributed by atoms with Crippen molar-refractivity contribution < 1.29 is 28.6 Å². The van der Waals surface area contributed by atoms with Crippen LogP contribution in [0.1, 0.15) is 47.0 Å². The SMILES string of the molecule is C=C(C)C(=O)OCCC(C)OC(=O)C(=C)C.C=CC(=O)OCCCC. The second-order valence-electron chi connectivity index (χ2n) is 5.43. The van der Waals surface area contributed by atoms with Crippen LogP contribution in [0.5, 0.6) is 0 Å². The van der Waals surface area contributed by atoms with Crippen LogP contribution in [-0.2, 0) is 28.6 Å². The normalized spacial score (nSPS) is 10.4. The molecule has 0 aromatic heterocycles. The molecule has 0 amide bonds. The van der Waals surface area contributed by atoms with E-state index in [0.29, 0.717) is 24.2 Å².